The molecule has 2 aromatic heterocycles. The third-order valence-electron chi connectivity index (χ3n) is 1.72. The molecule has 0 saturated carbocycles. The fourth-order valence-electron chi connectivity index (χ4n) is 1.03. The number of pyridine rings is 1. The first-order chi connectivity index (χ1) is 6.84. The molecule has 2 heterocycles. The predicted octanol–water partition coefficient (Wildman–Crippen LogP) is 2.55. The van der Waals surface area contributed by atoms with Crippen molar-refractivity contribution in [1.82, 2.24) is 4.98 Å². The average molecular weight is 206 g/mol. The van der Waals surface area contributed by atoms with Gasteiger partial charge in [-0.2, -0.15) is 0 Å². The van der Waals surface area contributed by atoms with Crippen LogP contribution < -0.4 is 5.73 Å². The first-order valence-corrected chi connectivity index (χ1v) is 5.20. The number of hydrogen-bond acceptors (Lipinski definition) is 4. The normalized spacial score (nSPS) is 10.3. The molecular weight excluding hydrogens is 196 g/mol. The van der Waals surface area contributed by atoms with Crippen molar-refractivity contribution >= 4 is 17.6 Å². The molecule has 0 unspecified atom stereocenters. The van der Waals surface area contributed by atoms with Crippen molar-refractivity contribution in [2.45, 2.75) is 10.6 Å². The Morgan fingerprint density at radius 3 is 2.93 bits per heavy atom. The fraction of sp³-hybridized carbons (Fsp3) is 0.100. The maximum absolute atomic E-state index is 5.48. The first-order valence-electron chi connectivity index (χ1n) is 4.21. The first kappa shape index (κ1) is 9.15. The highest BCUT2D eigenvalue weighted by Crippen LogP contribution is 2.22. The summed E-state index contributed by atoms with van der Waals surface area (Å²) in [6, 6.07) is 7.59. The summed E-state index contributed by atoms with van der Waals surface area (Å²) in [7, 11) is 0. The lowest BCUT2D eigenvalue weighted by molar-refractivity contribution is 0.530. The van der Waals surface area contributed by atoms with E-state index < -0.39 is 0 Å². The molecule has 0 radical (unpaired) electrons. The Kier molecular flexibility index (Phi) is 2.74. The predicted molar refractivity (Wildman–Crippen MR) is 56.9 cm³/mol. The van der Waals surface area contributed by atoms with Gasteiger partial charge in [0.25, 0.3) is 0 Å². The van der Waals surface area contributed by atoms with Gasteiger partial charge >= 0.3 is 0 Å². The lowest BCUT2D eigenvalue weighted by Crippen LogP contribution is -1.88. The van der Waals surface area contributed by atoms with Crippen LogP contribution in [0.25, 0.3) is 0 Å². The Bertz CT molecular complexity index is 383. The van der Waals surface area contributed by atoms with Gasteiger partial charge in [-0.15, -0.1) is 11.8 Å². The summed E-state index contributed by atoms with van der Waals surface area (Å²) in [5.74, 6) is 2.33. The van der Waals surface area contributed by atoms with Crippen molar-refractivity contribution in [2.75, 3.05) is 5.73 Å². The summed E-state index contributed by atoms with van der Waals surface area (Å²) in [6.07, 6.45) is 3.44. The molecule has 0 atom stereocenters. The Balaban J connectivity index is 1.95. The Morgan fingerprint density at radius 1 is 1.36 bits per heavy atom. The standard InChI is InChI=1S/C10H10N2OS/c11-10-4-3-9(6-12-10)14-7-8-2-1-5-13-8/h1-6H,7H2,(H2,11,12). The minimum atomic E-state index is 0.548. The van der Waals surface area contributed by atoms with Crippen LogP contribution in [0, 0.1) is 0 Å². The van der Waals surface area contributed by atoms with Gasteiger partial charge in [0.2, 0.25) is 0 Å². The number of rotatable bonds is 3. The molecule has 0 spiro atoms. The van der Waals surface area contributed by atoms with Gasteiger partial charge in [0.15, 0.2) is 0 Å². The van der Waals surface area contributed by atoms with E-state index in [0.717, 1.165) is 16.4 Å². The van der Waals surface area contributed by atoms with Gasteiger partial charge in [-0.1, -0.05) is 0 Å². The average Bonchev–Trinajstić information content (AvgIpc) is 2.70. The number of thioether (sulfide) groups is 1. The van der Waals surface area contributed by atoms with Crippen LogP contribution in [0.2, 0.25) is 0 Å². The Morgan fingerprint density at radius 2 is 2.29 bits per heavy atom. The molecule has 14 heavy (non-hydrogen) atoms. The highest BCUT2D eigenvalue weighted by Gasteiger charge is 1.98. The van der Waals surface area contributed by atoms with E-state index in [9.17, 15) is 0 Å². The van der Waals surface area contributed by atoms with Crippen molar-refractivity contribution in [3.05, 3.63) is 42.5 Å². The summed E-state index contributed by atoms with van der Waals surface area (Å²) in [4.78, 5) is 5.10. The van der Waals surface area contributed by atoms with Crippen molar-refractivity contribution in [1.29, 1.82) is 0 Å². The lowest BCUT2D eigenvalue weighted by Gasteiger charge is -1.98. The van der Waals surface area contributed by atoms with Gasteiger partial charge < -0.3 is 10.2 Å². The number of nitrogens with two attached hydrogens (primary N) is 1. The second-order valence-corrected chi connectivity index (χ2v) is 3.84. The van der Waals surface area contributed by atoms with Crippen LogP contribution >= 0.6 is 11.8 Å². The molecule has 0 amide bonds. The maximum atomic E-state index is 5.48. The smallest absolute Gasteiger partial charge is 0.123 e. The van der Waals surface area contributed by atoms with Crippen LogP contribution in [0.4, 0.5) is 5.82 Å². The van der Waals surface area contributed by atoms with Gasteiger partial charge in [0.1, 0.15) is 11.6 Å². The van der Waals surface area contributed by atoms with Crippen LogP contribution in [0.3, 0.4) is 0 Å². The summed E-state index contributed by atoms with van der Waals surface area (Å²) in [6.45, 7) is 0. The second-order valence-electron chi connectivity index (χ2n) is 2.79. The molecule has 0 saturated heterocycles. The minimum absolute atomic E-state index is 0.548. The molecule has 72 valence electrons. The van der Waals surface area contributed by atoms with Crippen LogP contribution in [-0.4, -0.2) is 4.98 Å². The number of furan rings is 1. The fourth-order valence-corrected chi connectivity index (χ4v) is 1.79. The minimum Gasteiger partial charge on any atom is -0.468 e. The number of anilines is 1. The molecular formula is C10H10N2OS. The van der Waals surface area contributed by atoms with Crippen LogP contribution in [-0.2, 0) is 5.75 Å². The number of aromatic nitrogens is 1. The zero-order chi connectivity index (χ0) is 9.80. The van der Waals surface area contributed by atoms with Crippen molar-refractivity contribution in [2.24, 2.45) is 0 Å². The van der Waals surface area contributed by atoms with E-state index in [1.165, 1.54) is 0 Å². The van der Waals surface area contributed by atoms with Gasteiger partial charge in [-0.05, 0) is 24.3 Å². The zero-order valence-electron chi connectivity index (χ0n) is 7.51. The van der Waals surface area contributed by atoms with E-state index in [0.29, 0.717) is 5.82 Å². The van der Waals surface area contributed by atoms with E-state index in [2.05, 4.69) is 4.98 Å². The highest BCUT2D eigenvalue weighted by atomic mass is 32.2. The number of hydrogen-bond donors (Lipinski definition) is 1. The summed E-state index contributed by atoms with van der Waals surface area (Å²) in [5, 5.41) is 0. The van der Waals surface area contributed by atoms with Gasteiger partial charge in [-0.3, -0.25) is 0 Å². The third-order valence-corrected chi connectivity index (χ3v) is 2.72. The van der Waals surface area contributed by atoms with E-state index in [4.69, 9.17) is 10.2 Å². The largest absolute Gasteiger partial charge is 0.468 e. The van der Waals surface area contributed by atoms with Crippen LogP contribution in [0.1, 0.15) is 5.76 Å². The highest BCUT2D eigenvalue weighted by molar-refractivity contribution is 7.98. The number of nitrogens with zero attached hydrogens (tertiary/aromatic N) is 1. The molecule has 0 aliphatic carbocycles. The van der Waals surface area contributed by atoms with Gasteiger partial charge in [0, 0.05) is 11.1 Å². The maximum Gasteiger partial charge on any atom is 0.123 e. The zero-order valence-corrected chi connectivity index (χ0v) is 8.33. The van der Waals surface area contributed by atoms with E-state index >= 15 is 0 Å². The van der Waals surface area contributed by atoms with Gasteiger partial charge in [-0.25, -0.2) is 4.98 Å². The van der Waals surface area contributed by atoms with E-state index in [-0.39, 0.29) is 0 Å². The summed E-state index contributed by atoms with van der Waals surface area (Å²) in [5.41, 5.74) is 5.48. The molecule has 2 N–H and O–H groups in total. The van der Waals surface area contributed by atoms with Crippen LogP contribution in [0.15, 0.2) is 46.0 Å². The van der Waals surface area contributed by atoms with Crippen molar-refractivity contribution in [3.63, 3.8) is 0 Å². The van der Waals surface area contributed by atoms with E-state index in [1.54, 1.807) is 30.3 Å². The Hall–Kier alpha value is -1.42. The van der Waals surface area contributed by atoms with Gasteiger partial charge in [0.05, 0.1) is 12.0 Å². The molecule has 0 aromatic carbocycles. The molecule has 4 heteroatoms. The molecule has 0 aliphatic rings. The van der Waals surface area contributed by atoms with E-state index in [1.807, 2.05) is 18.2 Å². The third kappa shape index (κ3) is 2.29. The second kappa shape index (κ2) is 4.19. The molecule has 0 aliphatic heterocycles. The van der Waals surface area contributed by atoms with Crippen molar-refractivity contribution < 1.29 is 4.42 Å². The molecule has 2 aromatic rings. The molecule has 3 nitrogen and oxygen atoms in total. The Labute approximate surface area is 86.3 Å². The summed E-state index contributed by atoms with van der Waals surface area (Å²) >= 11 is 1.68. The molecule has 0 bridgehead atoms. The van der Waals surface area contributed by atoms with Crippen LogP contribution in [0.5, 0.6) is 0 Å². The number of nitrogen functional groups attached to an aromatic ring is 1. The quantitative estimate of drug-likeness (QED) is 0.784. The lowest BCUT2D eigenvalue weighted by atomic mass is 10.5. The summed E-state index contributed by atoms with van der Waals surface area (Å²) < 4.78 is 5.21. The SMILES string of the molecule is Nc1ccc(SCc2ccco2)cn1. The molecule has 0 fully saturated rings. The molecule has 2 rings (SSSR count). The monoisotopic (exact) mass is 206 g/mol. The topological polar surface area (TPSA) is 52.0 Å². The van der Waals surface area contributed by atoms with Crippen molar-refractivity contribution in [3.8, 4) is 0 Å².